The summed E-state index contributed by atoms with van der Waals surface area (Å²) in [5, 5.41) is 13.1. The maximum Gasteiger partial charge on any atom is 0.128 e. The van der Waals surface area contributed by atoms with Gasteiger partial charge in [-0.15, -0.1) is 6.58 Å². The minimum atomic E-state index is 0.230. The molecule has 0 bridgehead atoms. The molecule has 2 heterocycles. The molecule has 0 unspecified atom stereocenters. The molecule has 0 spiro atoms. The lowest BCUT2D eigenvalue weighted by atomic mass is 10.1. The Morgan fingerprint density at radius 1 is 1.27 bits per heavy atom. The van der Waals surface area contributed by atoms with Gasteiger partial charge in [0.25, 0.3) is 0 Å². The molecule has 0 saturated heterocycles. The molecule has 0 radical (unpaired) electrons. The van der Waals surface area contributed by atoms with E-state index in [-0.39, 0.29) is 6.54 Å². The highest BCUT2D eigenvalue weighted by molar-refractivity contribution is 5.69. The van der Waals surface area contributed by atoms with E-state index in [9.17, 15) is 0 Å². The number of hydrogen-bond donors (Lipinski definition) is 0. The van der Waals surface area contributed by atoms with Crippen molar-refractivity contribution in [2.45, 2.75) is 55.0 Å². The van der Waals surface area contributed by atoms with Gasteiger partial charge in [-0.1, -0.05) is 53.7 Å². The van der Waals surface area contributed by atoms with Gasteiger partial charge in [0.2, 0.25) is 0 Å². The summed E-state index contributed by atoms with van der Waals surface area (Å²) >= 11 is 0. The van der Waals surface area contributed by atoms with Crippen molar-refractivity contribution in [1.29, 1.82) is 5.26 Å². The molecule has 0 aromatic carbocycles. The lowest BCUT2D eigenvalue weighted by molar-refractivity contribution is 0.707. The van der Waals surface area contributed by atoms with Gasteiger partial charge in [0.1, 0.15) is 12.9 Å². The molecule has 0 aliphatic heterocycles. The van der Waals surface area contributed by atoms with Crippen LogP contribution in [-0.2, 0) is 6.54 Å². The molecule has 5 nitrogen and oxygen atoms in total. The molecular weight excluding hydrogens is 322 g/mol. The Labute approximate surface area is 159 Å². The lowest BCUT2D eigenvalue weighted by Gasteiger charge is -1.97. The molecule has 0 aliphatic carbocycles. The smallest absolute Gasteiger partial charge is 0.128 e. The van der Waals surface area contributed by atoms with E-state index in [0.29, 0.717) is 5.92 Å². The van der Waals surface area contributed by atoms with E-state index in [0.717, 1.165) is 17.0 Å². The molecule has 0 fully saturated rings. The highest BCUT2D eigenvalue weighted by Gasteiger charge is 2.09. The van der Waals surface area contributed by atoms with E-state index < -0.39 is 0 Å². The van der Waals surface area contributed by atoms with E-state index in [2.05, 4.69) is 47.6 Å². The zero-order chi connectivity index (χ0) is 20.4. The monoisotopic (exact) mass is 355 g/mol. The number of nitriles is 1. The topological polar surface area (TPSA) is 67.4 Å². The Bertz CT molecular complexity index is 649. The molecule has 0 amide bonds. The maximum atomic E-state index is 8.75. The second-order valence-electron chi connectivity index (χ2n) is 4.89. The first-order valence-corrected chi connectivity index (χ1v) is 9.08. The van der Waals surface area contributed by atoms with Crippen LogP contribution in [0.15, 0.2) is 43.5 Å². The van der Waals surface area contributed by atoms with Gasteiger partial charge >= 0.3 is 0 Å². The summed E-state index contributed by atoms with van der Waals surface area (Å²) in [6, 6.07) is 3.92. The van der Waals surface area contributed by atoms with Crippen LogP contribution < -0.4 is 0 Å². The van der Waals surface area contributed by atoms with Crippen LogP contribution in [-0.4, -0.2) is 19.7 Å². The SMILES string of the molecule is C=CC.CC.CC.CC(C)/C=C/c1nn(CC#N)cc1-c1ccncn1. The van der Waals surface area contributed by atoms with Crippen LogP contribution in [0.4, 0.5) is 0 Å². The van der Waals surface area contributed by atoms with Crippen molar-refractivity contribution in [1.82, 2.24) is 19.7 Å². The van der Waals surface area contributed by atoms with Crippen LogP contribution in [0.1, 0.15) is 54.2 Å². The zero-order valence-corrected chi connectivity index (χ0v) is 17.3. The average molecular weight is 356 g/mol. The molecule has 2 rings (SSSR count). The van der Waals surface area contributed by atoms with Gasteiger partial charge in [0.15, 0.2) is 0 Å². The summed E-state index contributed by atoms with van der Waals surface area (Å²) in [5.74, 6) is 0.444. The average Bonchev–Trinajstić information content (AvgIpc) is 3.08. The predicted molar refractivity (Wildman–Crippen MR) is 111 cm³/mol. The van der Waals surface area contributed by atoms with E-state index in [1.54, 1.807) is 17.0 Å². The van der Waals surface area contributed by atoms with Crippen molar-refractivity contribution in [2.24, 2.45) is 5.92 Å². The number of allylic oxidation sites excluding steroid dienone is 2. The van der Waals surface area contributed by atoms with Gasteiger partial charge in [-0.2, -0.15) is 10.4 Å². The molecule has 0 atom stereocenters. The first-order chi connectivity index (χ1) is 12.6. The van der Waals surface area contributed by atoms with Crippen molar-refractivity contribution in [3.63, 3.8) is 0 Å². The van der Waals surface area contributed by atoms with Crippen LogP contribution in [0.25, 0.3) is 17.3 Å². The van der Waals surface area contributed by atoms with Gasteiger partial charge in [0.05, 0.1) is 17.5 Å². The largest absolute Gasteiger partial charge is 0.257 e. The fourth-order valence-electron chi connectivity index (χ4n) is 1.64. The molecule has 26 heavy (non-hydrogen) atoms. The van der Waals surface area contributed by atoms with E-state index in [1.165, 1.54) is 6.33 Å². The molecule has 2 aromatic rings. The zero-order valence-electron chi connectivity index (χ0n) is 17.3. The Hall–Kier alpha value is -2.74. The van der Waals surface area contributed by atoms with E-state index >= 15 is 0 Å². The summed E-state index contributed by atoms with van der Waals surface area (Å²) in [6.07, 6.45) is 10.8. The summed E-state index contributed by atoms with van der Waals surface area (Å²) in [7, 11) is 0. The minimum absolute atomic E-state index is 0.230. The standard InChI is InChI=1S/C14H15N5.C3H6.2C2H6/c1-11(2)3-4-14-12(9-19(18-14)8-6-15)13-5-7-16-10-17-13;1-3-2;2*1-2/h3-5,7,9-11H,8H2,1-2H3;3H,1H2,2H3;2*1-2H3/b4-3+;;;. The maximum absolute atomic E-state index is 8.75. The summed E-state index contributed by atoms with van der Waals surface area (Å²) < 4.78 is 1.62. The second kappa shape index (κ2) is 17.1. The highest BCUT2D eigenvalue weighted by Crippen LogP contribution is 2.21. The van der Waals surface area contributed by atoms with Crippen LogP contribution in [0.3, 0.4) is 0 Å². The first-order valence-electron chi connectivity index (χ1n) is 9.08. The van der Waals surface area contributed by atoms with Gasteiger partial charge in [-0.3, -0.25) is 4.68 Å². The van der Waals surface area contributed by atoms with Crippen LogP contribution in [0.5, 0.6) is 0 Å². The molecule has 5 heteroatoms. The molecule has 0 N–H and O–H groups in total. The summed E-state index contributed by atoms with van der Waals surface area (Å²) in [4.78, 5) is 8.14. The van der Waals surface area contributed by atoms with Gasteiger partial charge in [-0.25, -0.2) is 9.97 Å². The molecule has 0 aliphatic rings. The fraction of sp³-hybridized carbons (Fsp3) is 0.429. The fourth-order valence-corrected chi connectivity index (χ4v) is 1.64. The van der Waals surface area contributed by atoms with Crippen LogP contribution in [0.2, 0.25) is 0 Å². The third kappa shape index (κ3) is 10.2. The Morgan fingerprint density at radius 3 is 2.35 bits per heavy atom. The lowest BCUT2D eigenvalue weighted by Crippen LogP contribution is -1.95. The van der Waals surface area contributed by atoms with Crippen molar-refractivity contribution in [3.8, 4) is 17.3 Å². The normalized spacial score (nSPS) is 9.04. The van der Waals surface area contributed by atoms with Gasteiger partial charge < -0.3 is 0 Å². The van der Waals surface area contributed by atoms with E-state index in [4.69, 9.17) is 5.26 Å². The number of aromatic nitrogens is 4. The summed E-state index contributed by atoms with van der Waals surface area (Å²) in [5.41, 5.74) is 2.54. The molecule has 2 aromatic heterocycles. The molecule has 0 saturated carbocycles. The highest BCUT2D eigenvalue weighted by atomic mass is 15.3. The van der Waals surface area contributed by atoms with Crippen molar-refractivity contribution in [2.75, 3.05) is 0 Å². The van der Waals surface area contributed by atoms with Gasteiger partial charge in [-0.05, 0) is 25.0 Å². The van der Waals surface area contributed by atoms with Crippen molar-refractivity contribution >= 4 is 6.08 Å². The minimum Gasteiger partial charge on any atom is -0.257 e. The third-order valence-corrected chi connectivity index (χ3v) is 2.52. The Balaban J connectivity index is 0. The Kier molecular flexibility index (Phi) is 16.8. The first kappa shape index (κ1) is 25.5. The number of rotatable bonds is 4. The second-order valence-corrected chi connectivity index (χ2v) is 4.89. The third-order valence-electron chi connectivity index (χ3n) is 2.52. The van der Waals surface area contributed by atoms with Crippen molar-refractivity contribution < 1.29 is 0 Å². The van der Waals surface area contributed by atoms with Gasteiger partial charge in [0, 0.05) is 18.0 Å². The molecular formula is C21H33N5. The van der Waals surface area contributed by atoms with E-state index in [1.807, 2.05) is 53.0 Å². The summed E-state index contributed by atoms with van der Waals surface area (Å²) in [6.45, 7) is 17.7. The number of nitrogens with zero attached hydrogens (tertiary/aromatic N) is 5. The van der Waals surface area contributed by atoms with Crippen molar-refractivity contribution in [3.05, 3.63) is 49.2 Å². The quantitative estimate of drug-likeness (QED) is 0.652. The Morgan fingerprint density at radius 2 is 1.88 bits per heavy atom. The number of hydrogen-bond acceptors (Lipinski definition) is 4. The van der Waals surface area contributed by atoms with Crippen LogP contribution in [0, 0.1) is 17.2 Å². The molecule has 142 valence electrons. The van der Waals surface area contributed by atoms with Crippen LogP contribution >= 0.6 is 0 Å². The predicted octanol–water partition coefficient (Wildman–Crippen LogP) is 5.78.